The van der Waals surface area contributed by atoms with Gasteiger partial charge in [0.15, 0.2) is 0 Å². The number of H-pyrrole nitrogens is 1. The lowest BCUT2D eigenvalue weighted by Crippen LogP contribution is -2.48. The van der Waals surface area contributed by atoms with Gasteiger partial charge in [0, 0.05) is 29.2 Å². The second kappa shape index (κ2) is 4.28. The highest BCUT2D eigenvalue weighted by molar-refractivity contribution is 5.84. The molecular formula is C14H17F2N3. The number of halogens is 2. The molecule has 1 aromatic carbocycles. The predicted molar refractivity (Wildman–Crippen MR) is 71.0 cm³/mol. The summed E-state index contributed by atoms with van der Waals surface area (Å²) in [6, 6.07) is 4.99. The van der Waals surface area contributed by atoms with Gasteiger partial charge in [0.1, 0.15) is 0 Å². The molecule has 0 fully saturated rings. The van der Waals surface area contributed by atoms with E-state index in [1.165, 1.54) is 10.9 Å². The molecule has 0 amide bonds. The van der Waals surface area contributed by atoms with Gasteiger partial charge in [0.05, 0.1) is 6.54 Å². The fourth-order valence-corrected chi connectivity index (χ4v) is 2.89. The van der Waals surface area contributed by atoms with Gasteiger partial charge in [-0.1, -0.05) is 18.2 Å². The molecule has 5 heteroatoms. The molecule has 0 saturated carbocycles. The summed E-state index contributed by atoms with van der Waals surface area (Å²) in [5, 5.41) is 1.20. The van der Waals surface area contributed by atoms with Gasteiger partial charge in [-0.05, 0) is 25.0 Å². The third-order valence-corrected chi connectivity index (χ3v) is 3.80. The van der Waals surface area contributed by atoms with Crippen LogP contribution in [0.4, 0.5) is 8.78 Å². The number of para-hydroxylation sites is 1. The zero-order chi connectivity index (χ0) is 13.6. The average Bonchev–Trinajstić information content (AvgIpc) is 2.66. The predicted octanol–water partition coefficient (Wildman–Crippen LogP) is 2.47. The van der Waals surface area contributed by atoms with Crippen LogP contribution in [-0.2, 0) is 13.0 Å². The lowest BCUT2D eigenvalue weighted by molar-refractivity contribution is -0.0400. The molecule has 3 N–H and O–H groups in total. The molecule has 19 heavy (non-hydrogen) atoms. The van der Waals surface area contributed by atoms with Crippen LogP contribution in [0.1, 0.15) is 18.2 Å². The van der Waals surface area contributed by atoms with Crippen LogP contribution in [-0.4, -0.2) is 28.5 Å². The maximum atomic E-state index is 13.0. The first kappa shape index (κ1) is 12.6. The number of nitrogens with one attached hydrogen (secondary N) is 1. The molecule has 1 unspecified atom stereocenters. The molecule has 1 aliphatic rings. The van der Waals surface area contributed by atoms with E-state index in [0.717, 1.165) is 17.6 Å². The highest BCUT2D eigenvalue weighted by Gasteiger charge is 2.32. The van der Waals surface area contributed by atoms with Crippen molar-refractivity contribution >= 4 is 10.9 Å². The van der Waals surface area contributed by atoms with Crippen LogP contribution in [0.3, 0.4) is 0 Å². The van der Waals surface area contributed by atoms with Gasteiger partial charge in [-0.25, -0.2) is 0 Å². The number of alkyl halides is 2. The molecule has 1 atom stereocenters. The minimum Gasteiger partial charge on any atom is -0.357 e. The smallest absolute Gasteiger partial charge is 0.312 e. The summed E-state index contributed by atoms with van der Waals surface area (Å²) in [5.74, 6) is 0. The number of benzene rings is 1. The van der Waals surface area contributed by atoms with E-state index < -0.39 is 12.6 Å². The van der Waals surface area contributed by atoms with Crippen molar-refractivity contribution < 1.29 is 8.78 Å². The SMILES string of the molecule is CC1Cc2c([nH]c3ccccc23)CN1CC(N)(F)F. The maximum Gasteiger partial charge on any atom is 0.312 e. The number of hydrogen-bond acceptors (Lipinski definition) is 2. The fraction of sp³-hybridized carbons (Fsp3) is 0.429. The second-order valence-corrected chi connectivity index (χ2v) is 5.35. The highest BCUT2D eigenvalue weighted by Crippen LogP contribution is 2.30. The molecule has 0 aliphatic carbocycles. The normalized spacial score (nSPS) is 20.7. The molecule has 3 rings (SSSR count). The molecule has 3 nitrogen and oxygen atoms in total. The van der Waals surface area contributed by atoms with Crippen molar-refractivity contribution in [1.29, 1.82) is 0 Å². The Balaban J connectivity index is 1.95. The molecule has 102 valence electrons. The summed E-state index contributed by atoms with van der Waals surface area (Å²) in [4.78, 5) is 5.06. The van der Waals surface area contributed by atoms with Crippen LogP contribution in [0.15, 0.2) is 24.3 Å². The van der Waals surface area contributed by atoms with Gasteiger partial charge in [-0.3, -0.25) is 10.6 Å². The van der Waals surface area contributed by atoms with Crippen molar-refractivity contribution in [2.45, 2.75) is 32.0 Å². The van der Waals surface area contributed by atoms with Gasteiger partial charge in [0.25, 0.3) is 0 Å². The monoisotopic (exact) mass is 265 g/mol. The van der Waals surface area contributed by atoms with E-state index in [1.54, 1.807) is 4.90 Å². The third kappa shape index (κ3) is 2.35. The molecular weight excluding hydrogens is 248 g/mol. The molecule has 1 aliphatic heterocycles. The Morgan fingerprint density at radius 1 is 1.42 bits per heavy atom. The molecule has 0 radical (unpaired) electrons. The van der Waals surface area contributed by atoms with Crippen LogP contribution >= 0.6 is 0 Å². The standard InChI is InChI=1S/C14H17F2N3/c1-9-6-11-10-4-2-3-5-12(10)18-13(11)7-19(9)8-14(15,16)17/h2-5,9,18H,6-8,17H2,1H3. The molecule has 0 spiro atoms. The molecule has 2 aromatic rings. The zero-order valence-corrected chi connectivity index (χ0v) is 10.8. The summed E-state index contributed by atoms with van der Waals surface area (Å²) < 4.78 is 26.0. The first-order valence-corrected chi connectivity index (χ1v) is 6.43. The first-order valence-electron chi connectivity index (χ1n) is 6.43. The zero-order valence-electron chi connectivity index (χ0n) is 10.8. The topological polar surface area (TPSA) is 45.0 Å². The number of aromatic amines is 1. The largest absolute Gasteiger partial charge is 0.357 e. The second-order valence-electron chi connectivity index (χ2n) is 5.35. The van der Waals surface area contributed by atoms with Crippen molar-refractivity contribution in [3.8, 4) is 0 Å². The van der Waals surface area contributed by atoms with E-state index in [1.807, 2.05) is 25.1 Å². The molecule has 2 heterocycles. The summed E-state index contributed by atoms with van der Waals surface area (Å²) in [5.41, 5.74) is 8.19. The quantitative estimate of drug-likeness (QED) is 0.819. The van der Waals surface area contributed by atoms with Crippen LogP contribution < -0.4 is 5.73 Å². The molecule has 0 bridgehead atoms. The van der Waals surface area contributed by atoms with Crippen LogP contribution in [0.2, 0.25) is 0 Å². The Hall–Kier alpha value is -1.46. The van der Waals surface area contributed by atoms with E-state index >= 15 is 0 Å². The Labute approximate surface area is 110 Å². The number of nitrogens with two attached hydrogens (primary N) is 1. The number of hydrogen-bond donors (Lipinski definition) is 2. The average molecular weight is 265 g/mol. The van der Waals surface area contributed by atoms with E-state index in [2.05, 4.69) is 11.1 Å². The highest BCUT2D eigenvalue weighted by atomic mass is 19.3. The Morgan fingerprint density at radius 2 is 2.16 bits per heavy atom. The van der Waals surface area contributed by atoms with Crippen LogP contribution in [0.25, 0.3) is 10.9 Å². The summed E-state index contributed by atoms with van der Waals surface area (Å²) in [6.07, 6.45) is 0.773. The Morgan fingerprint density at radius 3 is 2.89 bits per heavy atom. The van der Waals surface area contributed by atoms with E-state index in [-0.39, 0.29) is 6.04 Å². The lowest BCUT2D eigenvalue weighted by atomic mass is 9.97. The Kier molecular flexibility index (Phi) is 2.83. The van der Waals surface area contributed by atoms with E-state index in [9.17, 15) is 8.78 Å². The maximum absolute atomic E-state index is 13.0. The van der Waals surface area contributed by atoms with Crippen LogP contribution in [0.5, 0.6) is 0 Å². The van der Waals surface area contributed by atoms with Gasteiger partial charge in [0.2, 0.25) is 0 Å². The summed E-state index contributed by atoms with van der Waals surface area (Å²) >= 11 is 0. The Bertz CT molecular complexity index is 600. The van der Waals surface area contributed by atoms with Crippen molar-refractivity contribution in [3.63, 3.8) is 0 Å². The van der Waals surface area contributed by atoms with E-state index in [4.69, 9.17) is 5.73 Å². The van der Waals surface area contributed by atoms with Crippen molar-refractivity contribution in [3.05, 3.63) is 35.5 Å². The minimum atomic E-state index is -3.14. The third-order valence-electron chi connectivity index (χ3n) is 3.80. The fourth-order valence-electron chi connectivity index (χ4n) is 2.89. The number of rotatable bonds is 2. The summed E-state index contributed by atoms with van der Waals surface area (Å²) in [7, 11) is 0. The summed E-state index contributed by atoms with van der Waals surface area (Å²) in [6.45, 7) is 2.07. The van der Waals surface area contributed by atoms with Gasteiger partial charge in [-0.15, -0.1) is 0 Å². The first-order chi connectivity index (χ1) is 8.94. The van der Waals surface area contributed by atoms with Gasteiger partial charge >= 0.3 is 6.05 Å². The number of aromatic nitrogens is 1. The van der Waals surface area contributed by atoms with Crippen molar-refractivity contribution in [2.24, 2.45) is 5.73 Å². The van der Waals surface area contributed by atoms with Gasteiger partial charge < -0.3 is 4.98 Å². The van der Waals surface area contributed by atoms with Crippen molar-refractivity contribution in [2.75, 3.05) is 6.54 Å². The van der Waals surface area contributed by atoms with E-state index in [0.29, 0.717) is 6.54 Å². The molecule has 0 saturated heterocycles. The number of nitrogens with zero attached hydrogens (tertiary/aromatic N) is 1. The molecule has 1 aromatic heterocycles. The van der Waals surface area contributed by atoms with Crippen LogP contribution in [0, 0.1) is 0 Å². The minimum absolute atomic E-state index is 0.0705. The number of fused-ring (bicyclic) bond motifs is 3. The lowest BCUT2D eigenvalue weighted by Gasteiger charge is -2.34. The van der Waals surface area contributed by atoms with Crippen molar-refractivity contribution in [1.82, 2.24) is 9.88 Å². The van der Waals surface area contributed by atoms with Gasteiger partial charge in [-0.2, -0.15) is 8.78 Å².